The van der Waals surface area contributed by atoms with E-state index in [9.17, 15) is 17.6 Å². The van der Waals surface area contributed by atoms with E-state index in [1.807, 2.05) is 29.2 Å². The Balaban J connectivity index is 1.59. The lowest BCUT2D eigenvalue weighted by atomic mass is 10.0. The van der Waals surface area contributed by atoms with Gasteiger partial charge in [-0.3, -0.25) is 9.69 Å². The predicted octanol–water partition coefficient (Wildman–Crippen LogP) is 3.28. The molecule has 0 aromatic heterocycles. The lowest BCUT2D eigenvalue weighted by Crippen LogP contribution is -2.54. The lowest BCUT2D eigenvalue weighted by Gasteiger charge is -2.36. The number of sulfonamides is 1. The molecule has 0 bridgehead atoms. The first kappa shape index (κ1) is 22.4. The van der Waals surface area contributed by atoms with Crippen LogP contribution in [0.15, 0.2) is 53.4 Å². The van der Waals surface area contributed by atoms with Gasteiger partial charge in [0.05, 0.1) is 6.04 Å². The number of benzene rings is 2. The van der Waals surface area contributed by atoms with Crippen molar-refractivity contribution in [2.75, 3.05) is 31.5 Å². The normalized spacial score (nSPS) is 17.1. The van der Waals surface area contributed by atoms with Crippen LogP contribution >= 0.6 is 0 Å². The van der Waals surface area contributed by atoms with E-state index in [0.29, 0.717) is 19.0 Å². The molecule has 1 aliphatic heterocycles. The Hall–Kier alpha value is -2.29. The van der Waals surface area contributed by atoms with Gasteiger partial charge in [-0.1, -0.05) is 38.1 Å². The fourth-order valence-corrected chi connectivity index (χ4v) is 4.98. The summed E-state index contributed by atoms with van der Waals surface area (Å²) in [5.74, 6) is -0.473. The molecule has 1 atom stereocenters. The SMILES string of the molecule is CC(C)c1ccc(NC(=O)[C@@H](C)N2CCN(S(=O)(=O)c3ccccc3F)CC2)cc1. The van der Waals surface area contributed by atoms with Crippen molar-refractivity contribution in [1.82, 2.24) is 9.21 Å². The summed E-state index contributed by atoms with van der Waals surface area (Å²) in [4.78, 5) is 14.3. The Kier molecular flexibility index (Phi) is 6.90. The quantitative estimate of drug-likeness (QED) is 0.759. The highest BCUT2D eigenvalue weighted by atomic mass is 32.2. The van der Waals surface area contributed by atoms with Crippen LogP contribution in [0.25, 0.3) is 0 Å². The van der Waals surface area contributed by atoms with E-state index in [1.54, 1.807) is 6.92 Å². The minimum Gasteiger partial charge on any atom is -0.325 e. The number of piperazine rings is 1. The van der Waals surface area contributed by atoms with Crippen molar-refractivity contribution in [1.29, 1.82) is 0 Å². The molecule has 1 N–H and O–H groups in total. The maximum atomic E-state index is 14.0. The third-order valence-corrected chi connectivity index (χ3v) is 7.43. The van der Waals surface area contributed by atoms with Crippen LogP contribution in [0.3, 0.4) is 0 Å². The fraction of sp³-hybridized carbons (Fsp3) is 0.409. The third-order valence-electron chi connectivity index (χ3n) is 5.50. The highest BCUT2D eigenvalue weighted by Crippen LogP contribution is 2.21. The number of carbonyl (C=O) groups excluding carboxylic acids is 1. The van der Waals surface area contributed by atoms with Gasteiger partial charge in [-0.25, -0.2) is 12.8 Å². The van der Waals surface area contributed by atoms with Gasteiger partial charge in [-0.2, -0.15) is 4.31 Å². The van der Waals surface area contributed by atoms with Crippen LogP contribution in [-0.2, 0) is 14.8 Å². The molecular weight excluding hydrogens is 405 g/mol. The average molecular weight is 434 g/mol. The molecule has 1 fully saturated rings. The predicted molar refractivity (Wildman–Crippen MR) is 115 cm³/mol. The monoisotopic (exact) mass is 433 g/mol. The van der Waals surface area contributed by atoms with Gasteiger partial charge in [0.1, 0.15) is 10.7 Å². The number of hydrogen-bond donors (Lipinski definition) is 1. The summed E-state index contributed by atoms with van der Waals surface area (Å²) >= 11 is 0. The largest absolute Gasteiger partial charge is 0.325 e. The van der Waals surface area contributed by atoms with Crippen LogP contribution in [0, 0.1) is 5.82 Å². The molecule has 1 amide bonds. The van der Waals surface area contributed by atoms with E-state index < -0.39 is 21.9 Å². The Morgan fingerprint density at radius 1 is 0.967 bits per heavy atom. The molecule has 30 heavy (non-hydrogen) atoms. The number of halogens is 1. The number of rotatable bonds is 6. The first-order valence-corrected chi connectivity index (χ1v) is 11.5. The molecule has 1 aliphatic rings. The zero-order chi connectivity index (χ0) is 21.9. The van der Waals surface area contributed by atoms with Crippen LogP contribution in [0.4, 0.5) is 10.1 Å². The molecule has 1 saturated heterocycles. The second-order valence-electron chi connectivity index (χ2n) is 7.81. The summed E-state index contributed by atoms with van der Waals surface area (Å²) < 4.78 is 40.7. The topological polar surface area (TPSA) is 69.7 Å². The second-order valence-corrected chi connectivity index (χ2v) is 9.72. The summed E-state index contributed by atoms with van der Waals surface area (Å²) in [6.07, 6.45) is 0. The first-order valence-electron chi connectivity index (χ1n) is 10.1. The van der Waals surface area contributed by atoms with Gasteiger partial charge in [0.2, 0.25) is 15.9 Å². The van der Waals surface area contributed by atoms with Crippen molar-refractivity contribution in [3.8, 4) is 0 Å². The second kappa shape index (κ2) is 9.24. The Bertz CT molecular complexity index is 985. The van der Waals surface area contributed by atoms with Gasteiger partial charge in [0.15, 0.2) is 0 Å². The van der Waals surface area contributed by atoms with Gasteiger partial charge < -0.3 is 5.32 Å². The number of amides is 1. The number of hydrogen-bond acceptors (Lipinski definition) is 4. The average Bonchev–Trinajstić information content (AvgIpc) is 2.74. The molecule has 162 valence electrons. The van der Waals surface area contributed by atoms with E-state index in [0.717, 1.165) is 11.8 Å². The summed E-state index contributed by atoms with van der Waals surface area (Å²) in [6, 6.07) is 12.7. The minimum absolute atomic E-state index is 0.141. The molecule has 0 saturated carbocycles. The molecule has 3 rings (SSSR count). The molecule has 0 unspecified atom stereocenters. The molecule has 0 radical (unpaired) electrons. The van der Waals surface area contributed by atoms with Crippen molar-refractivity contribution < 1.29 is 17.6 Å². The standard InChI is InChI=1S/C22H28FN3O3S/c1-16(2)18-8-10-19(11-9-18)24-22(27)17(3)25-12-14-26(15-13-25)30(28,29)21-7-5-4-6-20(21)23/h4-11,16-17H,12-15H2,1-3H3,(H,24,27)/t17-/m1/s1. The fourth-order valence-electron chi connectivity index (χ4n) is 3.49. The number of nitrogens with zero attached hydrogens (tertiary/aromatic N) is 2. The molecule has 2 aromatic carbocycles. The van der Waals surface area contributed by atoms with Crippen LogP contribution in [0.1, 0.15) is 32.3 Å². The van der Waals surface area contributed by atoms with E-state index in [1.165, 1.54) is 28.1 Å². The molecule has 6 nitrogen and oxygen atoms in total. The van der Waals surface area contributed by atoms with Crippen LogP contribution in [0.5, 0.6) is 0 Å². The van der Waals surface area contributed by atoms with Crippen LogP contribution in [-0.4, -0.2) is 55.8 Å². The summed E-state index contributed by atoms with van der Waals surface area (Å²) in [6.45, 7) is 7.24. The summed E-state index contributed by atoms with van der Waals surface area (Å²) in [7, 11) is -3.89. The van der Waals surface area contributed by atoms with E-state index in [2.05, 4.69) is 19.2 Å². The van der Waals surface area contributed by atoms with Crippen molar-refractivity contribution in [3.63, 3.8) is 0 Å². The Morgan fingerprint density at radius 2 is 1.57 bits per heavy atom. The Morgan fingerprint density at radius 3 is 2.13 bits per heavy atom. The molecule has 8 heteroatoms. The lowest BCUT2D eigenvalue weighted by molar-refractivity contribution is -0.121. The molecular formula is C22H28FN3O3S. The Labute approximate surface area is 177 Å². The van der Waals surface area contributed by atoms with Crippen LogP contribution < -0.4 is 5.32 Å². The van der Waals surface area contributed by atoms with E-state index in [4.69, 9.17) is 0 Å². The maximum Gasteiger partial charge on any atom is 0.246 e. The number of nitrogens with one attached hydrogen (secondary N) is 1. The molecule has 0 aliphatic carbocycles. The highest BCUT2D eigenvalue weighted by Gasteiger charge is 2.33. The number of carbonyl (C=O) groups is 1. The first-order chi connectivity index (χ1) is 14.2. The molecule has 2 aromatic rings. The highest BCUT2D eigenvalue weighted by molar-refractivity contribution is 7.89. The van der Waals surface area contributed by atoms with Crippen molar-refractivity contribution >= 4 is 21.6 Å². The third kappa shape index (κ3) is 4.88. The van der Waals surface area contributed by atoms with Gasteiger partial charge in [-0.05, 0) is 42.7 Å². The number of anilines is 1. The molecule has 0 spiro atoms. The maximum absolute atomic E-state index is 14.0. The molecule has 1 heterocycles. The van der Waals surface area contributed by atoms with Crippen molar-refractivity contribution in [3.05, 3.63) is 59.9 Å². The van der Waals surface area contributed by atoms with Gasteiger partial charge in [0, 0.05) is 31.9 Å². The van der Waals surface area contributed by atoms with E-state index >= 15 is 0 Å². The van der Waals surface area contributed by atoms with Crippen molar-refractivity contribution in [2.24, 2.45) is 0 Å². The van der Waals surface area contributed by atoms with Crippen molar-refractivity contribution in [2.45, 2.75) is 37.6 Å². The van der Waals surface area contributed by atoms with Gasteiger partial charge >= 0.3 is 0 Å². The minimum atomic E-state index is -3.89. The van der Waals surface area contributed by atoms with E-state index in [-0.39, 0.29) is 23.9 Å². The zero-order valence-electron chi connectivity index (χ0n) is 17.5. The smallest absolute Gasteiger partial charge is 0.246 e. The summed E-state index contributed by atoms with van der Waals surface area (Å²) in [5, 5.41) is 2.92. The van der Waals surface area contributed by atoms with Gasteiger partial charge in [0.25, 0.3) is 0 Å². The van der Waals surface area contributed by atoms with Crippen LogP contribution in [0.2, 0.25) is 0 Å². The zero-order valence-corrected chi connectivity index (χ0v) is 18.3. The van der Waals surface area contributed by atoms with Gasteiger partial charge in [-0.15, -0.1) is 0 Å². The summed E-state index contributed by atoms with van der Waals surface area (Å²) in [5.41, 5.74) is 1.94.